The lowest BCUT2D eigenvalue weighted by Gasteiger charge is -2.35. The minimum atomic E-state index is -0.610. The van der Waals surface area contributed by atoms with Crippen molar-refractivity contribution in [3.8, 4) is 0 Å². The third-order valence-corrected chi connectivity index (χ3v) is 4.44. The van der Waals surface area contributed by atoms with Crippen molar-refractivity contribution in [1.29, 1.82) is 0 Å². The van der Waals surface area contributed by atoms with E-state index in [4.69, 9.17) is 5.73 Å². The largest absolute Gasteiger partial charge is 0.385 e. The lowest BCUT2D eigenvalue weighted by atomic mass is 9.89. The first-order valence-corrected chi connectivity index (χ1v) is 6.60. The highest BCUT2D eigenvalue weighted by Gasteiger charge is 2.57. The second kappa shape index (κ2) is 3.35. The maximum Gasteiger partial charge on any atom is 0.346 e. The smallest absolute Gasteiger partial charge is 0.346 e. The highest BCUT2D eigenvalue weighted by molar-refractivity contribution is 6.07. The van der Waals surface area contributed by atoms with Gasteiger partial charge in [-0.25, -0.2) is 9.18 Å². The molecule has 0 saturated heterocycles. The van der Waals surface area contributed by atoms with E-state index >= 15 is 0 Å². The molecule has 1 unspecified atom stereocenters. The van der Waals surface area contributed by atoms with Crippen LogP contribution in [0.4, 0.5) is 9.18 Å². The molecule has 19 heavy (non-hydrogen) atoms. The number of hydrogen-bond donors (Lipinski definition) is 1. The van der Waals surface area contributed by atoms with Crippen molar-refractivity contribution in [1.82, 2.24) is 4.90 Å². The summed E-state index contributed by atoms with van der Waals surface area (Å²) >= 11 is 0. The Labute approximate surface area is 110 Å². The zero-order chi connectivity index (χ0) is 13.2. The summed E-state index contributed by atoms with van der Waals surface area (Å²) < 4.78 is 13.3. The SMILES string of the molecule is NC1=NC(=O)N(C2CC2)C12CCc1cc(F)ccc12. The molecule has 1 aromatic carbocycles. The van der Waals surface area contributed by atoms with Gasteiger partial charge in [0.05, 0.1) is 0 Å². The van der Waals surface area contributed by atoms with Crippen LogP contribution in [0.25, 0.3) is 0 Å². The number of nitrogens with two attached hydrogens (primary N) is 1. The van der Waals surface area contributed by atoms with E-state index in [-0.39, 0.29) is 17.9 Å². The van der Waals surface area contributed by atoms with E-state index in [9.17, 15) is 9.18 Å². The van der Waals surface area contributed by atoms with Crippen LogP contribution in [-0.2, 0) is 12.0 Å². The number of halogens is 1. The van der Waals surface area contributed by atoms with Gasteiger partial charge in [0, 0.05) is 6.04 Å². The lowest BCUT2D eigenvalue weighted by Crippen LogP contribution is -2.51. The number of fused-ring (bicyclic) bond motifs is 2. The standard InChI is InChI=1S/C14H14FN3O/c15-9-1-4-11-8(7-9)5-6-14(11)12(16)17-13(19)18(14)10-2-3-10/h1,4,7,10H,2-3,5-6H2,(H2,16,17,19). The topological polar surface area (TPSA) is 58.7 Å². The molecule has 98 valence electrons. The molecule has 1 atom stereocenters. The van der Waals surface area contributed by atoms with E-state index in [0.717, 1.165) is 30.4 Å². The number of rotatable bonds is 1. The molecule has 0 aromatic heterocycles. The molecular formula is C14H14FN3O. The van der Waals surface area contributed by atoms with Crippen LogP contribution in [0.1, 0.15) is 30.4 Å². The molecule has 1 heterocycles. The van der Waals surface area contributed by atoms with E-state index in [1.54, 1.807) is 12.1 Å². The highest BCUT2D eigenvalue weighted by atomic mass is 19.1. The van der Waals surface area contributed by atoms with Crippen LogP contribution in [-0.4, -0.2) is 22.8 Å². The van der Waals surface area contributed by atoms with Gasteiger partial charge in [0.25, 0.3) is 0 Å². The molecule has 2 aliphatic carbocycles. The molecule has 4 rings (SSSR count). The van der Waals surface area contributed by atoms with Gasteiger partial charge in [0.1, 0.15) is 17.2 Å². The Morgan fingerprint density at radius 2 is 2.21 bits per heavy atom. The first-order valence-electron chi connectivity index (χ1n) is 6.60. The Hall–Kier alpha value is -1.91. The molecular weight excluding hydrogens is 245 g/mol. The molecule has 1 aromatic rings. The van der Waals surface area contributed by atoms with E-state index in [0.29, 0.717) is 12.3 Å². The van der Waals surface area contributed by atoms with Gasteiger partial charge in [-0.05, 0) is 48.9 Å². The summed E-state index contributed by atoms with van der Waals surface area (Å²) in [6.45, 7) is 0. The summed E-state index contributed by atoms with van der Waals surface area (Å²) in [5.41, 5.74) is 7.35. The number of nitrogens with zero attached hydrogens (tertiary/aromatic N) is 2. The molecule has 4 nitrogen and oxygen atoms in total. The summed E-state index contributed by atoms with van der Waals surface area (Å²) in [6.07, 6.45) is 3.46. The monoisotopic (exact) mass is 259 g/mol. The third-order valence-electron chi connectivity index (χ3n) is 4.44. The van der Waals surface area contributed by atoms with E-state index in [1.165, 1.54) is 6.07 Å². The van der Waals surface area contributed by atoms with Gasteiger partial charge in [0.2, 0.25) is 0 Å². The van der Waals surface area contributed by atoms with E-state index in [2.05, 4.69) is 4.99 Å². The Morgan fingerprint density at radius 1 is 1.42 bits per heavy atom. The Bertz CT molecular complexity index is 623. The van der Waals surface area contributed by atoms with Crippen LogP contribution in [0, 0.1) is 5.82 Å². The maximum absolute atomic E-state index is 13.3. The fraction of sp³-hybridized carbons (Fsp3) is 0.429. The Balaban J connectivity index is 1.91. The van der Waals surface area contributed by atoms with Crippen molar-refractivity contribution >= 4 is 11.9 Å². The van der Waals surface area contributed by atoms with Gasteiger partial charge in [0.15, 0.2) is 0 Å². The number of aryl methyl sites for hydroxylation is 1. The first-order chi connectivity index (χ1) is 9.13. The minimum absolute atomic E-state index is 0.239. The summed E-state index contributed by atoms with van der Waals surface area (Å²) in [4.78, 5) is 17.9. The predicted molar refractivity (Wildman–Crippen MR) is 68.3 cm³/mol. The van der Waals surface area contributed by atoms with Crippen molar-refractivity contribution in [2.75, 3.05) is 0 Å². The molecule has 5 heteroatoms. The number of carbonyl (C=O) groups excluding carboxylic acids is 1. The number of amidine groups is 1. The number of aliphatic imine (C=N–C) groups is 1. The fourth-order valence-corrected chi connectivity index (χ4v) is 3.48. The van der Waals surface area contributed by atoms with Gasteiger partial charge in [-0.1, -0.05) is 6.07 Å². The molecule has 2 N–H and O–H groups in total. The Kier molecular flexibility index (Phi) is 1.93. The summed E-state index contributed by atoms with van der Waals surface area (Å²) in [7, 11) is 0. The van der Waals surface area contributed by atoms with Crippen molar-refractivity contribution in [3.63, 3.8) is 0 Å². The van der Waals surface area contributed by atoms with Crippen LogP contribution >= 0.6 is 0 Å². The zero-order valence-electron chi connectivity index (χ0n) is 10.4. The predicted octanol–water partition coefficient (Wildman–Crippen LogP) is 1.92. The van der Waals surface area contributed by atoms with Gasteiger partial charge >= 0.3 is 6.03 Å². The van der Waals surface area contributed by atoms with Crippen LogP contribution in [0.2, 0.25) is 0 Å². The second-order valence-corrected chi connectivity index (χ2v) is 5.54. The van der Waals surface area contributed by atoms with Crippen molar-refractivity contribution < 1.29 is 9.18 Å². The normalized spacial score (nSPS) is 29.0. The summed E-state index contributed by atoms with van der Waals surface area (Å²) in [6, 6.07) is 4.75. The third kappa shape index (κ3) is 1.27. The van der Waals surface area contributed by atoms with Gasteiger partial charge in [-0.3, -0.25) is 0 Å². The van der Waals surface area contributed by atoms with Gasteiger partial charge in [-0.15, -0.1) is 0 Å². The minimum Gasteiger partial charge on any atom is -0.385 e. The van der Waals surface area contributed by atoms with Crippen LogP contribution in [0.3, 0.4) is 0 Å². The van der Waals surface area contributed by atoms with Crippen LogP contribution in [0.15, 0.2) is 23.2 Å². The molecule has 3 aliphatic rings. The van der Waals surface area contributed by atoms with Crippen molar-refractivity contribution in [3.05, 3.63) is 35.1 Å². The van der Waals surface area contributed by atoms with Crippen molar-refractivity contribution in [2.24, 2.45) is 10.7 Å². The van der Waals surface area contributed by atoms with E-state index in [1.807, 2.05) is 4.90 Å². The number of benzene rings is 1. The highest BCUT2D eigenvalue weighted by Crippen LogP contribution is 2.49. The molecule has 0 radical (unpaired) electrons. The maximum atomic E-state index is 13.3. The average Bonchev–Trinajstić information content (AvgIpc) is 3.07. The zero-order valence-corrected chi connectivity index (χ0v) is 10.4. The molecule has 1 spiro atoms. The van der Waals surface area contributed by atoms with Crippen molar-refractivity contribution in [2.45, 2.75) is 37.3 Å². The number of urea groups is 1. The quantitative estimate of drug-likeness (QED) is 0.837. The summed E-state index contributed by atoms with van der Waals surface area (Å²) in [5, 5.41) is 0. The van der Waals surface area contributed by atoms with E-state index < -0.39 is 5.54 Å². The van der Waals surface area contributed by atoms with Crippen LogP contribution in [0.5, 0.6) is 0 Å². The molecule has 1 aliphatic heterocycles. The summed E-state index contributed by atoms with van der Waals surface area (Å²) in [5.74, 6) is 0.128. The van der Waals surface area contributed by atoms with Crippen LogP contribution < -0.4 is 5.73 Å². The van der Waals surface area contributed by atoms with Gasteiger partial charge in [-0.2, -0.15) is 4.99 Å². The fourth-order valence-electron chi connectivity index (χ4n) is 3.48. The molecule has 1 saturated carbocycles. The number of carbonyl (C=O) groups is 1. The molecule has 2 amide bonds. The molecule has 0 bridgehead atoms. The first kappa shape index (κ1) is 11.0. The Morgan fingerprint density at radius 3 is 2.95 bits per heavy atom. The lowest BCUT2D eigenvalue weighted by molar-refractivity contribution is 0.165. The number of amides is 2. The second-order valence-electron chi connectivity index (χ2n) is 5.54. The average molecular weight is 259 g/mol. The molecule has 1 fully saturated rings. The van der Waals surface area contributed by atoms with Gasteiger partial charge < -0.3 is 10.6 Å². The number of hydrogen-bond acceptors (Lipinski definition) is 2.